The summed E-state index contributed by atoms with van der Waals surface area (Å²) in [6.45, 7) is 6.35. The number of halogens is 1. The van der Waals surface area contributed by atoms with Crippen molar-refractivity contribution in [3.8, 4) is 11.4 Å². The lowest BCUT2D eigenvalue weighted by Gasteiger charge is -2.28. The maximum Gasteiger partial charge on any atom is 0.285 e. The fraction of sp³-hybridized carbons (Fsp3) is 0.333. The molecule has 11 heteroatoms. The zero-order valence-electron chi connectivity index (χ0n) is 17.7. The van der Waals surface area contributed by atoms with E-state index in [1.807, 2.05) is 6.20 Å². The van der Waals surface area contributed by atoms with Gasteiger partial charge in [0.25, 0.3) is 11.7 Å². The van der Waals surface area contributed by atoms with Crippen LogP contribution < -0.4 is 15.5 Å². The summed E-state index contributed by atoms with van der Waals surface area (Å²) in [7, 11) is 0. The molecular formula is C21H22FN7O3. The average Bonchev–Trinajstić information content (AvgIpc) is 3.34. The summed E-state index contributed by atoms with van der Waals surface area (Å²) in [6, 6.07) is 4.57. The largest absolute Gasteiger partial charge is 0.463 e. The van der Waals surface area contributed by atoms with Crippen molar-refractivity contribution in [2.75, 3.05) is 36.1 Å². The molecule has 1 saturated heterocycles. The maximum absolute atomic E-state index is 14.8. The fourth-order valence-electron chi connectivity index (χ4n) is 4.04. The number of hydrogen-bond acceptors (Lipinski definition) is 8. The van der Waals surface area contributed by atoms with Gasteiger partial charge in [0.05, 0.1) is 42.6 Å². The van der Waals surface area contributed by atoms with E-state index >= 15 is 0 Å². The summed E-state index contributed by atoms with van der Waals surface area (Å²) in [4.78, 5) is 24.3. The van der Waals surface area contributed by atoms with Crippen LogP contribution in [0, 0.1) is 5.82 Å². The quantitative estimate of drug-likeness (QED) is 0.654. The maximum atomic E-state index is 14.8. The number of carbonyl (C=O) groups is 1. The molecule has 0 bridgehead atoms. The molecular weight excluding hydrogens is 417 g/mol. The van der Waals surface area contributed by atoms with Gasteiger partial charge in [-0.25, -0.2) is 13.9 Å². The van der Waals surface area contributed by atoms with Gasteiger partial charge in [0, 0.05) is 18.8 Å². The van der Waals surface area contributed by atoms with Crippen LogP contribution in [0.3, 0.4) is 0 Å². The number of benzene rings is 1. The number of nitrogens with zero attached hydrogens (tertiary/aromatic N) is 6. The van der Waals surface area contributed by atoms with Gasteiger partial charge in [-0.1, -0.05) is 0 Å². The van der Waals surface area contributed by atoms with Gasteiger partial charge < -0.3 is 25.0 Å². The summed E-state index contributed by atoms with van der Waals surface area (Å²) in [5.74, 6) is -0.452. The van der Waals surface area contributed by atoms with Crippen LogP contribution in [0.2, 0.25) is 0 Å². The van der Waals surface area contributed by atoms with Crippen LogP contribution in [0.1, 0.15) is 13.8 Å². The Labute approximate surface area is 183 Å². The van der Waals surface area contributed by atoms with E-state index in [1.165, 1.54) is 6.07 Å². The molecule has 4 heterocycles. The van der Waals surface area contributed by atoms with Gasteiger partial charge in [0.15, 0.2) is 12.1 Å². The van der Waals surface area contributed by atoms with Crippen molar-refractivity contribution in [1.82, 2.24) is 19.6 Å². The highest BCUT2D eigenvalue weighted by atomic mass is 19.1. The molecule has 10 nitrogen and oxygen atoms in total. The first kappa shape index (κ1) is 20.2. The van der Waals surface area contributed by atoms with Crippen molar-refractivity contribution >= 4 is 23.1 Å². The lowest BCUT2D eigenvalue weighted by Crippen LogP contribution is -2.36. The van der Waals surface area contributed by atoms with E-state index in [-0.39, 0.29) is 17.1 Å². The number of ether oxygens (including phenoxy) is 2. The number of carbonyl (C=O) groups excluding carboxylic acids is 1. The summed E-state index contributed by atoms with van der Waals surface area (Å²) in [5, 5.41) is 4.46. The smallest absolute Gasteiger partial charge is 0.285 e. The van der Waals surface area contributed by atoms with E-state index in [9.17, 15) is 9.18 Å². The molecule has 2 N–H and O–H groups in total. The number of aromatic nitrogens is 4. The third kappa shape index (κ3) is 3.40. The standard InChI is InChI=1S/C21H22FN7O3/c1-12-18(19(23)30)32-13(2)29(12)14-3-4-17(22)16(9-14)20-25-21-24-10-15(11-28(21)26-20)27-5-7-31-8-6-27/h3-4,9-11,13H,5-8H2,1-2H3,(H2,23,30). The van der Waals surface area contributed by atoms with Crippen LogP contribution in [0.5, 0.6) is 0 Å². The van der Waals surface area contributed by atoms with Crippen molar-refractivity contribution in [3.05, 3.63) is 47.9 Å². The van der Waals surface area contributed by atoms with Gasteiger partial charge >= 0.3 is 0 Å². The minimum absolute atomic E-state index is 0.0917. The molecule has 1 atom stereocenters. The minimum atomic E-state index is -0.650. The SMILES string of the molecule is CC1=C(C(N)=O)OC(C)N1c1ccc(F)c(-c2nc3ncc(N4CCOCC4)cn3n2)c1. The minimum Gasteiger partial charge on any atom is -0.463 e. The molecule has 1 amide bonds. The fourth-order valence-corrected chi connectivity index (χ4v) is 4.04. The zero-order chi connectivity index (χ0) is 22.4. The number of morpholine rings is 1. The molecule has 0 spiro atoms. The molecule has 32 heavy (non-hydrogen) atoms. The highest BCUT2D eigenvalue weighted by Gasteiger charge is 2.32. The van der Waals surface area contributed by atoms with Gasteiger partial charge in [-0.3, -0.25) is 4.79 Å². The van der Waals surface area contributed by atoms with E-state index < -0.39 is 18.0 Å². The monoisotopic (exact) mass is 439 g/mol. The van der Waals surface area contributed by atoms with E-state index in [0.717, 1.165) is 18.8 Å². The Morgan fingerprint density at radius 3 is 2.75 bits per heavy atom. The van der Waals surface area contributed by atoms with Crippen LogP contribution in [0.15, 0.2) is 42.0 Å². The van der Waals surface area contributed by atoms with E-state index in [2.05, 4.69) is 20.0 Å². The Kier molecular flexibility index (Phi) is 4.89. The van der Waals surface area contributed by atoms with Gasteiger partial charge in [0.2, 0.25) is 5.76 Å². The molecule has 166 valence electrons. The first-order valence-electron chi connectivity index (χ1n) is 10.2. The second-order valence-electron chi connectivity index (χ2n) is 7.62. The Morgan fingerprint density at radius 1 is 1.25 bits per heavy atom. The van der Waals surface area contributed by atoms with Crippen LogP contribution >= 0.6 is 0 Å². The number of anilines is 2. The van der Waals surface area contributed by atoms with Crippen LogP contribution in [-0.2, 0) is 14.3 Å². The summed E-state index contributed by atoms with van der Waals surface area (Å²) in [5.41, 5.74) is 7.70. The first-order valence-corrected chi connectivity index (χ1v) is 10.2. The average molecular weight is 439 g/mol. The molecule has 0 saturated carbocycles. The molecule has 2 aromatic heterocycles. The highest BCUT2D eigenvalue weighted by molar-refractivity contribution is 5.92. The van der Waals surface area contributed by atoms with Crippen LogP contribution in [0.4, 0.5) is 15.8 Å². The van der Waals surface area contributed by atoms with Gasteiger partial charge in [-0.15, -0.1) is 5.10 Å². The van der Waals surface area contributed by atoms with Gasteiger partial charge in [-0.2, -0.15) is 4.98 Å². The second kappa shape index (κ2) is 7.75. The third-order valence-corrected chi connectivity index (χ3v) is 5.59. The van der Waals surface area contributed by atoms with Crippen LogP contribution in [0.25, 0.3) is 17.2 Å². The zero-order valence-corrected chi connectivity index (χ0v) is 17.7. The van der Waals surface area contributed by atoms with Gasteiger partial charge in [-0.05, 0) is 32.0 Å². The van der Waals surface area contributed by atoms with Crippen LogP contribution in [-0.4, -0.2) is 58.0 Å². The number of nitrogens with two attached hydrogens (primary N) is 1. The molecule has 3 aromatic rings. The Bertz CT molecular complexity index is 1240. The molecule has 2 aliphatic rings. The third-order valence-electron chi connectivity index (χ3n) is 5.59. The lowest BCUT2D eigenvalue weighted by molar-refractivity contribution is -0.118. The topological polar surface area (TPSA) is 111 Å². The molecule has 5 rings (SSSR count). The van der Waals surface area contributed by atoms with Gasteiger partial charge in [0.1, 0.15) is 5.82 Å². The number of primary amides is 1. The van der Waals surface area contributed by atoms with Crippen molar-refractivity contribution in [1.29, 1.82) is 0 Å². The normalized spacial score (nSPS) is 19.0. The number of rotatable bonds is 4. The number of amides is 1. The molecule has 2 aliphatic heterocycles. The summed E-state index contributed by atoms with van der Waals surface area (Å²) in [6.07, 6.45) is 3.09. The molecule has 1 unspecified atom stereocenters. The van der Waals surface area contributed by atoms with E-state index in [1.54, 1.807) is 41.6 Å². The van der Waals surface area contributed by atoms with E-state index in [0.29, 0.717) is 30.4 Å². The molecule has 0 aliphatic carbocycles. The van der Waals surface area contributed by atoms with Crippen molar-refractivity contribution in [2.24, 2.45) is 5.73 Å². The second-order valence-corrected chi connectivity index (χ2v) is 7.62. The van der Waals surface area contributed by atoms with E-state index in [4.69, 9.17) is 15.2 Å². The first-order chi connectivity index (χ1) is 15.4. The Hall–Kier alpha value is -3.73. The van der Waals surface area contributed by atoms with Crippen molar-refractivity contribution < 1.29 is 18.7 Å². The highest BCUT2D eigenvalue weighted by Crippen LogP contribution is 2.34. The number of fused-ring (bicyclic) bond motifs is 1. The predicted molar refractivity (Wildman–Crippen MR) is 114 cm³/mol. The summed E-state index contributed by atoms with van der Waals surface area (Å²) < 4.78 is 27.3. The molecule has 1 fully saturated rings. The summed E-state index contributed by atoms with van der Waals surface area (Å²) >= 11 is 0. The Morgan fingerprint density at radius 2 is 2.03 bits per heavy atom. The Balaban J connectivity index is 1.51. The number of hydrogen-bond donors (Lipinski definition) is 1. The van der Waals surface area contributed by atoms with Crippen molar-refractivity contribution in [2.45, 2.75) is 20.1 Å². The number of allylic oxidation sites excluding steroid dienone is 1. The lowest BCUT2D eigenvalue weighted by atomic mass is 10.1. The molecule has 1 aromatic carbocycles. The molecule has 0 radical (unpaired) electrons. The van der Waals surface area contributed by atoms with Crippen molar-refractivity contribution in [3.63, 3.8) is 0 Å². The predicted octanol–water partition coefficient (Wildman–Crippen LogP) is 1.67.